The van der Waals surface area contributed by atoms with Gasteiger partial charge in [-0.25, -0.2) is 0 Å². The van der Waals surface area contributed by atoms with Crippen molar-refractivity contribution in [2.75, 3.05) is 0 Å². The van der Waals surface area contributed by atoms with Crippen LogP contribution < -0.4 is 14.8 Å². The number of carbonyl (C=O) groups is 1. The first-order chi connectivity index (χ1) is 10.2. The molecule has 0 fully saturated rings. The highest BCUT2D eigenvalue weighted by atomic mass is 32.1. The lowest BCUT2D eigenvalue weighted by Gasteiger charge is -2.12. The summed E-state index contributed by atoms with van der Waals surface area (Å²) >= 11 is 1.29. The van der Waals surface area contributed by atoms with E-state index in [1.54, 1.807) is 37.4 Å². The number of hydrogen-bond acceptors (Lipinski definition) is 4. The number of Topliss-reactive ketones (excluding diaryl/α,β-unsaturated/α-hetero) is 1. The largest absolute Gasteiger partial charge is 0.508 e. The second kappa shape index (κ2) is 5.93. The van der Waals surface area contributed by atoms with E-state index in [0.29, 0.717) is 9.20 Å². The quantitative estimate of drug-likeness (QED) is 0.910. The number of phenols is 1. The zero-order valence-corrected chi connectivity index (χ0v) is 13.9. The third kappa shape index (κ3) is 3.54. The van der Waals surface area contributed by atoms with Crippen LogP contribution in [0.2, 0.25) is 0 Å². The molecule has 0 aliphatic rings. The lowest BCUT2D eigenvalue weighted by Crippen LogP contribution is -2.30. The third-order valence-corrected chi connectivity index (χ3v) is 4.36. The van der Waals surface area contributed by atoms with Crippen LogP contribution in [-0.2, 0) is 11.8 Å². The van der Waals surface area contributed by atoms with E-state index in [0.717, 1.165) is 5.56 Å². The Labute approximate surface area is 132 Å². The number of thiazole rings is 1. The molecule has 2 rings (SSSR count). The molecule has 4 nitrogen and oxygen atoms in total. The van der Waals surface area contributed by atoms with Crippen molar-refractivity contribution in [3.63, 3.8) is 0 Å². The summed E-state index contributed by atoms with van der Waals surface area (Å²) in [6.07, 6.45) is 3.28. The van der Waals surface area contributed by atoms with Crippen LogP contribution in [0.1, 0.15) is 26.3 Å². The third-order valence-electron chi connectivity index (χ3n) is 3.25. The fourth-order valence-corrected chi connectivity index (χ4v) is 2.79. The van der Waals surface area contributed by atoms with Crippen LogP contribution >= 0.6 is 11.3 Å². The summed E-state index contributed by atoms with van der Waals surface area (Å²) < 4.78 is 2.68. The number of phenolic OH excluding ortho intramolecular Hbond substituents is 1. The Morgan fingerprint density at radius 2 is 1.82 bits per heavy atom. The molecule has 1 aromatic carbocycles. The molecule has 1 N–H and O–H groups in total. The van der Waals surface area contributed by atoms with Crippen molar-refractivity contribution in [3.05, 3.63) is 49.4 Å². The SMILES string of the molecule is Cn1c(=O)/c(=C\c2ccc(O)cc2)s/c1=C\C(=O)C(C)(C)C. The molecule has 0 saturated heterocycles. The van der Waals surface area contributed by atoms with Gasteiger partial charge in [-0.1, -0.05) is 32.9 Å². The Kier molecular flexibility index (Phi) is 4.37. The molecule has 0 spiro atoms. The smallest absolute Gasteiger partial charge is 0.268 e. The molecule has 0 unspecified atom stereocenters. The van der Waals surface area contributed by atoms with E-state index in [9.17, 15) is 14.7 Å². The average molecular weight is 317 g/mol. The van der Waals surface area contributed by atoms with Crippen molar-refractivity contribution in [1.29, 1.82) is 0 Å². The molecule has 0 aliphatic heterocycles. The fourth-order valence-electron chi connectivity index (χ4n) is 1.76. The maximum atomic E-state index is 12.3. The summed E-state index contributed by atoms with van der Waals surface area (Å²) in [4.78, 5) is 24.4. The van der Waals surface area contributed by atoms with E-state index in [1.165, 1.54) is 22.0 Å². The summed E-state index contributed by atoms with van der Waals surface area (Å²) in [5.74, 6) is 0.168. The summed E-state index contributed by atoms with van der Waals surface area (Å²) in [5.41, 5.74) is 0.220. The first-order valence-electron chi connectivity index (χ1n) is 6.91. The van der Waals surface area contributed by atoms with Crippen LogP contribution in [0.5, 0.6) is 5.75 Å². The molecule has 2 aromatic rings. The van der Waals surface area contributed by atoms with Gasteiger partial charge in [-0.15, -0.1) is 11.3 Å². The Hall–Kier alpha value is -2.14. The van der Waals surface area contributed by atoms with Crippen molar-refractivity contribution in [2.45, 2.75) is 20.8 Å². The van der Waals surface area contributed by atoms with Crippen molar-refractivity contribution < 1.29 is 9.90 Å². The first-order valence-corrected chi connectivity index (χ1v) is 7.73. The number of rotatable bonds is 2. The molecule has 1 heterocycles. The maximum absolute atomic E-state index is 12.3. The average Bonchev–Trinajstić information content (AvgIpc) is 2.69. The molecule has 0 aliphatic carbocycles. The minimum absolute atomic E-state index is 0.0134. The molecule has 5 heteroatoms. The number of ketones is 1. The van der Waals surface area contributed by atoms with Crippen LogP contribution in [-0.4, -0.2) is 15.5 Å². The predicted molar refractivity (Wildman–Crippen MR) is 89.4 cm³/mol. The lowest BCUT2D eigenvalue weighted by atomic mass is 9.91. The Balaban J connectivity index is 2.56. The van der Waals surface area contributed by atoms with Crippen molar-refractivity contribution in [2.24, 2.45) is 12.5 Å². The number of benzene rings is 1. The Morgan fingerprint density at radius 3 is 2.36 bits per heavy atom. The normalized spacial score (nSPS) is 13.6. The molecule has 22 heavy (non-hydrogen) atoms. The number of aromatic hydroxyl groups is 1. The van der Waals surface area contributed by atoms with Gasteiger partial charge in [0.1, 0.15) is 10.4 Å². The van der Waals surface area contributed by atoms with Crippen LogP contribution in [0.25, 0.3) is 12.2 Å². The summed E-state index contributed by atoms with van der Waals surface area (Å²) in [6.45, 7) is 5.54. The minimum Gasteiger partial charge on any atom is -0.508 e. The molecule has 0 bridgehead atoms. The number of nitrogens with zero attached hydrogens (tertiary/aromatic N) is 1. The van der Waals surface area contributed by atoms with Crippen LogP contribution in [0.15, 0.2) is 29.1 Å². The molecular weight excluding hydrogens is 298 g/mol. The highest BCUT2D eigenvalue weighted by Crippen LogP contribution is 2.14. The second-order valence-electron chi connectivity index (χ2n) is 6.16. The van der Waals surface area contributed by atoms with Gasteiger partial charge in [-0.05, 0) is 23.8 Å². The van der Waals surface area contributed by atoms with Crippen molar-refractivity contribution >= 4 is 29.3 Å². The van der Waals surface area contributed by atoms with Crippen molar-refractivity contribution in [3.8, 4) is 5.75 Å². The van der Waals surface area contributed by atoms with E-state index < -0.39 is 5.41 Å². The second-order valence-corrected chi connectivity index (χ2v) is 7.23. The van der Waals surface area contributed by atoms with Crippen molar-refractivity contribution in [1.82, 2.24) is 4.57 Å². The van der Waals surface area contributed by atoms with Gasteiger partial charge >= 0.3 is 0 Å². The van der Waals surface area contributed by atoms with Gasteiger partial charge in [0, 0.05) is 18.5 Å². The minimum atomic E-state index is -0.471. The number of carbonyl (C=O) groups excluding carboxylic acids is 1. The lowest BCUT2D eigenvalue weighted by molar-refractivity contribution is -0.120. The molecule has 116 valence electrons. The van der Waals surface area contributed by atoms with E-state index in [4.69, 9.17) is 0 Å². The van der Waals surface area contributed by atoms with Crippen LogP contribution in [0.4, 0.5) is 0 Å². The number of aromatic nitrogens is 1. The predicted octanol–water partition coefficient (Wildman–Crippen LogP) is 1.38. The van der Waals surface area contributed by atoms with Crippen LogP contribution in [0.3, 0.4) is 0 Å². The molecule has 0 radical (unpaired) electrons. The van der Waals surface area contributed by atoms with Gasteiger partial charge in [0.05, 0.1) is 4.53 Å². The molecule has 0 amide bonds. The van der Waals surface area contributed by atoms with Gasteiger partial charge in [0.2, 0.25) is 0 Å². The maximum Gasteiger partial charge on any atom is 0.268 e. The van der Waals surface area contributed by atoms with E-state index in [1.807, 2.05) is 20.8 Å². The summed E-state index contributed by atoms with van der Waals surface area (Å²) in [5, 5.41) is 9.28. The van der Waals surface area contributed by atoms with Gasteiger partial charge in [0.15, 0.2) is 5.78 Å². The highest BCUT2D eigenvalue weighted by Gasteiger charge is 2.19. The monoisotopic (exact) mass is 317 g/mol. The molecular formula is C17H19NO3S. The van der Waals surface area contributed by atoms with E-state index >= 15 is 0 Å². The zero-order valence-electron chi connectivity index (χ0n) is 13.1. The summed E-state index contributed by atoms with van der Waals surface area (Å²) in [7, 11) is 1.66. The Bertz CT molecular complexity index is 865. The van der Waals surface area contributed by atoms with Gasteiger partial charge in [-0.3, -0.25) is 9.59 Å². The zero-order chi connectivity index (χ0) is 16.5. The Morgan fingerprint density at radius 1 is 1.23 bits per heavy atom. The molecule has 0 atom stereocenters. The molecule has 1 aromatic heterocycles. The van der Waals surface area contributed by atoms with E-state index in [2.05, 4.69) is 0 Å². The van der Waals surface area contributed by atoms with Crippen LogP contribution in [0, 0.1) is 5.41 Å². The molecule has 0 saturated carbocycles. The summed E-state index contributed by atoms with van der Waals surface area (Å²) in [6, 6.07) is 6.61. The van der Waals surface area contributed by atoms with Gasteiger partial charge < -0.3 is 9.67 Å². The van der Waals surface area contributed by atoms with Gasteiger partial charge in [-0.2, -0.15) is 0 Å². The topological polar surface area (TPSA) is 59.3 Å². The highest BCUT2D eigenvalue weighted by molar-refractivity contribution is 7.07. The van der Waals surface area contributed by atoms with E-state index in [-0.39, 0.29) is 17.1 Å². The first kappa shape index (κ1) is 16.2. The fraction of sp³-hybridized carbons (Fsp3) is 0.294. The van der Waals surface area contributed by atoms with Gasteiger partial charge in [0.25, 0.3) is 5.56 Å². The number of hydrogen-bond donors (Lipinski definition) is 1. The standard InChI is InChI=1S/C17H19NO3S/c1-17(2,3)14(20)10-15-18(4)16(21)13(22-15)9-11-5-7-12(19)8-6-11/h5-10,19H,1-4H3/b13-9+,15-10-.